The molecule has 160 valence electrons. The molecule has 3 aromatic carbocycles. The first-order chi connectivity index (χ1) is 16.2. The van der Waals surface area contributed by atoms with Crippen LogP contribution < -0.4 is 9.47 Å². The van der Waals surface area contributed by atoms with Crippen molar-refractivity contribution in [1.82, 2.24) is 14.5 Å². The lowest BCUT2D eigenvalue weighted by molar-refractivity contribution is 0.414. The highest BCUT2D eigenvalue weighted by molar-refractivity contribution is 6.09. The van der Waals surface area contributed by atoms with Crippen LogP contribution in [0.1, 0.15) is 0 Å². The monoisotopic (exact) mass is 433 g/mol. The van der Waals surface area contributed by atoms with Gasteiger partial charge in [0.15, 0.2) is 0 Å². The molecule has 3 heterocycles. The predicted octanol–water partition coefficient (Wildman–Crippen LogP) is 6.23. The second-order valence-electron chi connectivity index (χ2n) is 7.69. The van der Waals surface area contributed by atoms with E-state index < -0.39 is 0 Å². The maximum Gasteiger partial charge on any atom is 0.219 e. The Bertz CT molecular complexity index is 1660. The van der Waals surface area contributed by atoms with Crippen molar-refractivity contribution in [3.05, 3.63) is 91.1 Å². The number of methoxy groups -OCH3 is 1. The molecule has 3 aromatic heterocycles. The molecule has 6 heteroatoms. The minimum Gasteiger partial charge on any atom is -0.506 e. The quantitative estimate of drug-likeness (QED) is 0.357. The van der Waals surface area contributed by atoms with E-state index in [1.54, 1.807) is 31.5 Å². The number of aromatic hydroxyl groups is 1. The summed E-state index contributed by atoms with van der Waals surface area (Å²) in [6.45, 7) is 0. The van der Waals surface area contributed by atoms with E-state index in [2.05, 4.69) is 26.7 Å². The number of pyridine rings is 2. The third kappa shape index (κ3) is 3.20. The van der Waals surface area contributed by atoms with Gasteiger partial charge in [-0.1, -0.05) is 30.3 Å². The van der Waals surface area contributed by atoms with Crippen LogP contribution in [0, 0.1) is 0 Å². The number of phenols is 1. The molecular weight excluding hydrogens is 414 g/mol. The first-order valence-electron chi connectivity index (χ1n) is 10.5. The van der Waals surface area contributed by atoms with Crippen molar-refractivity contribution in [1.29, 1.82) is 0 Å². The van der Waals surface area contributed by atoms with Crippen molar-refractivity contribution in [2.24, 2.45) is 0 Å². The smallest absolute Gasteiger partial charge is 0.219 e. The number of phenolic OH excluding ortho intramolecular Hbond substituents is 1. The lowest BCUT2D eigenvalue weighted by atomic mass is 10.1. The summed E-state index contributed by atoms with van der Waals surface area (Å²) in [6.07, 6.45) is 1.74. The lowest BCUT2D eigenvalue weighted by Gasteiger charge is -2.10. The van der Waals surface area contributed by atoms with Crippen LogP contribution in [0.25, 0.3) is 38.5 Å². The highest BCUT2D eigenvalue weighted by Crippen LogP contribution is 2.35. The van der Waals surface area contributed by atoms with E-state index in [1.807, 2.05) is 54.6 Å². The van der Waals surface area contributed by atoms with Crippen LogP contribution in [0.3, 0.4) is 0 Å². The predicted molar refractivity (Wildman–Crippen MR) is 129 cm³/mol. The molecule has 0 fully saturated rings. The standard InChI is InChI=1S/C27H19N3O3/c1-32-18-13-14-28-25(16-18)30-22-7-3-2-6-20(22)21-11-10-19(15-23(21)30)33-26-12-9-17-5-4-8-24(31)27(17)29-26/h2-16,31H,1H3. The van der Waals surface area contributed by atoms with Crippen LogP contribution in [0.4, 0.5) is 0 Å². The van der Waals surface area contributed by atoms with Gasteiger partial charge in [-0.3, -0.25) is 4.57 Å². The molecule has 0 amide bonds. The van der Waals surface area contributed by atoms with Gasteiger partial charge in [0.05, 0.1) is 18.1 Å². The number of fused-ring (bicyclic) bond motifs is 4. The van der Waals surface area contributed by atoms with Crippen LogP contribution in [-0.4, -0.2) is 26.8 Å². The average Bonchev–Trinajstić information content (AvgIpc) is 3.18. The molecule has 0 aliphatic carbocycles. The minimum atomic E-state index is 0.123. The van der Waals surface area contributed by atoms with Gasteiger partial charge in [-0.25, -0.2) is 9.97 Å². The lowest BCUT2D eigenvalue weighted by Crippen LogP contribution is -1.98. The zero-order valence-corrected chi connectivity index (χ0v) is 17.8. The Morgan fingerprint density at radius 3 is 2.58 bits per heavy atom. The third-order valence-corrected chi connectivity index (χ3v) is 5.72. The molecule has 33 heavy (non-hydrogen) atoms. The Morgan fingerprint density at radius 1 is 0.788 bits per heavy atom. The summed E-state index contributed by atoms with van der Waals surface area (Å²) in [5.41, 5.74) is 2.50. The Morgan fingerprint density at radius 2 is 1.67 bits per heavy atom. The molecule has 0 spiro atoms. The van der Waals surface area contributed by atoms with Crippen LogP contribution in [0.2, 0.25) is 0 Å². The molecule has 0 aliphatic heterocycles. The van der Waals surface area contributed by atoms with Gasteiger partial charge in [-0.2, -0.15) is 0 Å². The molecule has 0 aliphatic rings. The van der Waals surface area contributed by atoms with Gasteiger partial charge >= 0.3 is 0 Å². The fourth-order valence-corrected chi connectivity index (χ4v) is 4.20. The van der Waals surface area contributed by atoms with E-state index in [0.29, 0.717) is 17.1 Å². The highest BCUT2D eigenvalue weighted by atomic mass is 16.5. The average molecular weight is 433 g/mol. The molecule has 0 saturated heterocycles. The number of benzene rings is 3. The summed E-state index contributed by atoms with van der Waals surface area (Å²) in [6, 6.07) is 26.9. The molecule has 0 bridgehead atoms. The number of aromatic nitrogens is 3. The molecule has 6 nitrogen and oxygen atoms in total. The second-order valence-corrected chi connectivity index (χ2v) is 7.69. The van der Waals surface area contributed by atoms with Gasteiger partial charge in [-0.05, 0) is 36.4 Å². The summed E-state index contributed by atoms with van der Waals surface area (Å²) >= 11 is 0. The van der Waals surface area contributed by atoms with Gasteiger partial charge < -0.3 is 14.6 Å². The zero-order valence-electron chi connectivity index (χ0n) is 17.8. The summed E-state index contributed by atoms with van der Waals surface area (Å²) in [5.74, 6) is 2.66. The van der Waals surface area contributed by atoms with Crippen molar-refractivity contribution < 1.29 is 14.6 Å². The van der Waals surface area contributed by atoms with Crippen molar-refractivity contribution >= 4 is 32.7 Å². The number of para-hydroxylation sites is 2. The molecule has 6 rings (SSSR count). The van der Waals surface area contributed by atoms with E-state index in [1.165, 1.54) is 0 Å². The van der Waals surface area contributed by atoms with Crippen molar-refractivity contribution in [2.75, 3.05) is 7.11 Å². The molecular formula is C27H19N3O3. The third-order valence-electron chi connectivity index (χ3n) is 5.72. The Kier molecular flexibility index (Phi) is 4.36. The largest absolute Gasteiger partial charge is 0.506 e. The molecule has 0 atom stereocenters. The van der Waals surface area contributed by atoms with Gasteiger partial charge in [0.25, 0.3) is 0 Å². The number of hydrogen-bond acceptors (Lipinski definition) is 5. The zero-order chi connectivity index (χ0) is 22.4. The van der Waals surface area contributed by atoms with Crippen molar-refractivity contribution in [2.45, 2.75) is 0 Å². The summed E-state index contributed by atoms with van der Waals surface area (Å²) in [7, 11) is 1.64. The number of rotatable bonds is 4. The Balaban J connectivity index is 1.51. The van der Waals surface area contributed by atoms with Gasteiger partial charge in [0, 0.05) is 40.6 Å². The first kappa shape index (κ1) is 19.1. The maximum absolute atomic E-state index is 10.2. The molecule has 0 unspecified atom stereocenters. The topological polar surface area (TPSA) is 69.4 Å². The Hall–Kier alpha value is -4.58. The van der Waals surface area contributed by atoms with E-state index in [0.717, 1.165) is 38.8 Å². The summed E-state index contributed by atoms with van der Waals surface area (Å²) in [5, 5.41) is 13.2. The minimum absolute atomic E-state index is 0.123. The van der Waals surface area contributed by atoms with Gasteiger partial charge in [-0.15, -0.1) is 0 Å². The van der Waals surface area contributed by atoms with E-state index in [9.17, 15) is 5.11 Å². The van der Waals surface area contributed by atoms with Crippen LogP contribution >= 0.6 is 0 Å². The second kappa shape index (κ2) is 7.53. The molecule has 0 radical (unpaired) electrons. The summed E-state index contributed by atoms with van der Waals surface area (Å²) in [4.78, 5) is 9.08. The van der Waals surface area contributed by atoms with Gasteiger partial charge in [0.1, 0.15) is 28.6 Å². The van der Waals surface area contributed by atoms with E-state index in [4.69, 9.17) is 9.47 Å². The van der Waals surface area contributed by atoms with Crippen LogP contribution in [0.15, 0.2) is 91.1 Å². The first-order valence-corrected chi connectivity index (χ1v) is 10.5. The number of hydrogen-bond donors (Lipinski definition) is 1. The van der Waals surface area contributed by atoms with E-state index >= 15 is 0 Å². The van der Waals surface area contributed by atoms with E-state index in [-0.39, 0.29) is 5.75 Å². The number of ether oxygens (including phenoxy) is 2. The summed E-state index contributed by atoms with van der Waals surface area (Å²) < 4.78 is 13.6. The van der Waals surface area contributed by atoms with Crippen LogP contribution in [0.5, 0.6) is 23.1 Å². The highest BCUT2D eigenvalue weighted by Gasteiger charge is 2.15. The van der Waals surface area contributed by atoms with Gasteiger partial charge in [0.2, 0.25) is 5.88 Å². The maximum atomic E-state index is 10.2. The SMILES string of the molecule is COc1ccnc(-n2c3ccccc3c3ccc(Oc4ccc5cccc(O)c5n4)cc32)c1. The Labute approximate surface area is 189 Å². The van der Waals surface area contributed by atoms with Crippen LogP contribution in [-0.2, 0) is 0 Å². The fraction of sp³-hybridized carbons (Fsp3) is 0.0370. The van der Waals surface area contributed by atoms with Crippen molar-refractivity contribution in [3.8, 4) is 28.9 Å². The normalized spacial score (nSPS) is 11.3. The molecule has 0 saturated carbocycles. The number of nitrogens with zero attached hydrogens (tertiary/aromatic N) is 3. The molecule has 6 aromatic rings. The van der Waals surface area contributed by atoms with Crippen molar-refractivity contribution in [3.63, 3.8) is 0 Å². The fourth-order valence-electron chi connectivity index (χ4n) is 4.20. The molecule has 1 N–H and O–H groups in total.